The highest BCUT2D eigenvalue weighted by Crippen LogP contribution is 2.44. The van der Waals surface area contributed by atoms with Crippen LogP contribution in [0.2, 0.25) is 10.0 Å². The molecule has 0 fully saturated rings. The lowest BCUT2D eigenvalue weighted by molar-refractivity contribution is -0.137. The van der Waals surface area contributed by atoms with E-state index in [0.717, 1.165) is 6.07 Å². The molecule has 0 amide bonds. The maximum Gasteiger partial charge on any atom is 0.419 e. The molecule has 0 atom stereocenters. The Hall–Kier alpha value is -0.0300. The molecule has 0 spiro atoms. The Kier molecular flexibility index (Phi) is 3.87. The predicted molar refractivity (Wildman–Crippen MR) is 55.6 cm³/mol. The smallest absolute Gasteiger partial charge is 0.192 e. The third-order valence-electron chi connectivity index (χ3n) is 1.54. The van der Waals surface area contributed by atoms with Crippen LogP contribution in [0.4, 0.5) is 18.9 Å². The van der Waals surface area contributed by atoms with Gasteiger partial charge in [0.05, 0.1) is 21.3 Å². The second-order valence-electron chi connectivity index (χ2n) is 2.49. The molecule has 0 radical (unpaired) electrons. The molecule has 0 aliphatic carbocycles. The predicted octanol–water partition coefficient (Wildman–Crippen LogP) is 5.13. The number of benzene rings is 1. The second kappa shape index (κ2) is 4.45. The van der Waals surface area contributed by atoms with Crippen molar-refractivity contribution in [2.24, 2.45) is 0 Å². The fraction of sp³-hybridized carbons (Fsp3) is 0.143. The van der Waals surface area contributed by atoms with Crippen molar-refractivity contribution in [1.82, 2.24) is 0 Å². The molecule has 8 heteroatoms. The summed E-state index contributed by atoms with van der Waals surface area (Å²) in [5.74, 6) is 0. The molecule has 15 heavy (non-hydrogen) atoms. The lowest BCUT2D eigenvalue weighted by Gasteiger charge is -2.15. The summed E-state index contributed by atoms with van der Waals surface area (Å²) in [7, 11) is 0. The topological polar surface area (TPSA) is 3.24 Å². The lowest BCUT2D eigenvalue weighted by Crippen LogP contribution is -2.08. The number of anilines is 1. The highest BCUT2D eigenvalue weighted by atomic mass is 35.5. The van der Waals surface area contributed by atoms with Crippen molar-refractivity contribution in [3.63, 3.8) is 0 Å². The molecule has 0 saturated carbocycles. The normalized spacial score (nSPS) is 11.7. The van der Waals surface area contributed by atoms with Crippen LogP contribution in [0.5, 0.6) is 0 Å². The van der Waals surface area contributed by atoms with Gasteiger partial charge in [-0.05, 0) is 12.1 Å². The van der Waals surface area contributed by atoms with Crippen LogP contribution in [0.25, 0.3) is 0 Å². The summed E-state index contributed by atoms with van der Waals surface area (Å²) >= 11 is 21.4. The van der Waals surface area contributed by atoms with E-state index in [-0.39, 0.29) is 5.69 Å². The maximum absolute atomic E-state index is 12.5. The zero-order chi connectivity index (χ0) is 11.8. The standard InChI is InChI=1S/C7H2Cl4F3N/c8-3-1-2-4(15(10)11)6(9)5(3)7(12,13)14/h1-2H. The Labute approximate surface area is 103 Å². The first-order valence-electron chi connectivity index (χ1n) is 3.42. The number of alkyl halides is 3. The van der Waals surface area contributed by atoms with Crippen LogP contribution in [-0.4, -0.2) is 0 Å². The van der Waals surface area contributed by atoms with Gasteiger partial charge in [-0.3, -0.25) is 0 Å². The van der Waals surface area contributed by atoms with E-state index < -0.39 is 21.8 Å². The van der Waals surface area contributed by atoms with Crippen LogP contribution in [-0.2, 0) is 6.18 Å². The Morgan fingerprint density at radius 2 is 1.60 bits per heavy atom. The van der Waals surface area contributed by atoms with E-state index in [1.807, 2.05) is 0 Å². The molecule has 0 aromatic heterocycles. The third-order valence-corrected chi connectivity index (χ3v) is 2.60. The van der Waals surface area contributed by atoms with Gasteiger partial charge in [0.1, 0.15) is 0 Å². The Morgan fingerprint density at radius 3 is 2.00 bits per heavy atom. The van der Waals surface area contributed by atoms with Crippen molar-refractivity contribution in [2.75, 3.05) is 3.94 Å². The van der Waals surface area contributed by atoms with Gasteiger partial charge >= 0.3 is 6.18 Å². The first-order chi connectivity index (χ1) is 6.75. The highest BCUT2D eigenvalue weighted by molar-refractivity contribution is 6.51. The molecule has 0 aliphatic rings. The Morgan fingerprint density at radius 1 is 1.07 bits per heavy atom. The van der Waals surface area contributed by atoms with Gasteiger partial charge in [0.2, 0.25) is 0 Å². The average molecular weight is 299 g/mol. The molecule has 0 saturated heterocycles. The molecular formula is C7H2Cl4F3N. The molecule has 84 valence electrons. The van der Waals surface area contributed by atoms with E-state index in [4.69, 9.17) is 46.8 Å². The summed E-state index contributed by atoms with van der Waals surface area (Å²) in [5.41, 5.74) is -1.34. The molecular weight excluding hydrogens is 297 g/mol. The van der Waals surface area contributed by atoms with Crippen LogP contribution in [0.3, 0.4) is 0 Å². The van der Waals surface area contributed by atoms with E-state index in [1.165, 1.54) is 6.07 Å². The van der Waals surface area contributed by atoms with Gasteiger partial charge in [-0.15, -0.1) is 0 Å². The van der Waals surface area contributed by atoms with Crippen molar-refractivity contribution in [3.05, 3.63) is 27.7 Å². The maximum atomic E-state index is 12.5. The van der Waals surface area contributed by atoms with Crippen LogP contribution in [0.15, 0.2) is 12.1 Å². The summed E-state index contributed by atoms with van der Waals surface area (Å²) in [5, 5.41) is -1.15. The van der Waals surface area contributed by atoms with Crippen molar-refractivity contribution < 1.29 is 13.2 Å². The zero-order valence-corrected chi connectivity index (χ0v) is 9.77. The summed E-state index contributed by atoms with van der Waals surface area (Å²) in [4.78, 5) is 0. The van der Waals surface area contributed by atoms with Crippen molar-refractivity contribution in [2.45, 2.75) is 6.18 Å². The van der Waals surface area contributed by atoms with E-state index in [1.54, 1.807) is 0 Å². The van der Waals surface area contributed by atoms with E-state index in [9.17, 15) is 13.2 Å². The first-order valence-corrected chi connectivity index (χ1v) is 4.85. The minimum atomic E-state index is -4.66. The van der Waals surface area contributed by atoms with Gasteiger partial charge in [0.25, 0.3) is 0 Å². The Bertz CT molecular complexity index is 377. The van der Waals surface area contributed by atoms with E-state index in [2.05, 4.69) is 0 Å². The summed E-state index contributed by atoms with van der Waals surface area (Å²) in [6, 6.07) is 2.20. The average Bonchev–Trinajstić information content (AvgIpc) is 2.00. The first kappa shape index (κ1) is 13.0. The fourth-order valence-corrected chi connectivity index (χ4v) is 1.97. The minimum Gasteiger partial charge on any atom is -0.192 e. The number of hydrogen-bond acceptors (Lipinski definition) is 1. The SMILES string of the molecule is FC(F)(F)c1c(Cl)ccc(N(Cl)Cl)c1Cl. The number of rotatable bonds is 1. The van der Waals surface area contributed by atoms with Gasteiger partial charge in [-0.2, -0.15) is 17.1 Å². The fourth-order valence-electron chi connectivity index (χ4n) is 0.932. The molecule has 1 aromatic carbocycles. The van der Waals surface area contributed by atoms with Crippen molar-refractivity contribution in [1.29, 1.82) is 0 Å². The van der Waals surface area contributed by atoms with Gasteiger partial charge in [0.15, 0.2) is 0 Å². The monoisotopic (exact) mass is 297 g/mol. The largest absolute Gasteiger partial charge is 0.419 e. The van der Waals surface area contributed by atoms with Gasteiger partial charge in [-0.1, -0.05) is 23.2 Å². The minimum absolute atomic E-state index is 0.184. The Balaban J connectivity index is 3.44. The summed E-state index contributed by atoms with van der Waals surface area (Å²) in [6.07, 6.45) is -4.66. The second-order valence-corrected chi connectivity index (χ2v) is 4.12. The van der Waals surface area contributed by atoms with E-state index >= 15 is 0 Å². The third kappa shape index (κ3) is 2.75. The molecule has 1 nitrogen and oxygen atoms in total. The molecule has 0 N–H and O–H groups in total. The van der Waals surface area contributed by atoms with Crippen molar-refractivity contribution >= 4 is 52.4 Å². The molecule has 0 aliphatic heterocycles. The molecule has 1 rings (SSSR count). The molecule has 0 heterocycles. The summed E-state index contributed by atoms with van der Waals surface area (Å²) in [6.45, 7) is 0. The van der Waals surface area contributed by atoms with Crippen LogP contribution < -0.4 is 3.94 Å². The quantitative estimate of drug-likeness (QED) is 0.650. The van der Waals surface area contributed by atoms with E-state index in [0.29, 0.717) is 3.94 Å². The van der Waals surface area contributed by atoms with Gasteiger partial charge in [-0.25, -0.2) is 0 Å². The van der Waals surface area contributed by atoms with Gasteiger partial charge < -0.3 is 0 Å². The van der Waals surface area contributed by atoms with Gasteiger partial charge in [0, 0.05) is 23.6 Å². The number of halogens is 7. The zero-order valence-electron chi connectivity index (χ0n) is 6.75. The van der Waals surface area contributed by atoms with Crippen LogP contribution in [0, 0.1) is 0 Å². The molecule has 0 unspecified atom stereocenters. The summed E-state index contributed by atoms with van der Waals surface area (Å²) < 4.78 is 37.9. The van der Waals surface area contributed by atoms with Crippen LogP contribution >= 0.6 is 46.8 Å². The molecule has 0 bridgehead atoms. The number of nitrogens with zero attached hydrogens (tertiary/aromatic N) is 1. The molecule has 1 aromatic rings. The lowest BCUT2D eigenvalue weighted by atomic mass is 10.2. The highest BCUT2D eigenvalue weighted by Gasteiger charge is 2.37. The van der Waals surface area contributed by atoms with Crippen LogP contribution in [0.1, 0.15) is 5.56 Å². The van der Waals surface area contributed by atoms with Crippen molar-refractivity contribution in [3.8, 4) is 0 Å². The number of hydrogen-bond donors (Lipinski definition) is 0.